The fraction of sp³-hybridized carbons (Fsp3) is 0.312. The number of carbonyl (C=O) groups excluding carboxylic acids is 1. The summed E-state index contributed by atoms with van der Waals surface area (Å²) in [6, 6.07) is 2.97. The Balaban J connectivity index is 1.91. The van der Waals surface area contributed by atoms with Crippen LogP contribution >= 0.6 is 45.8 Å². The van der Waals surface area contributed by atoms with Crippen molar-refractivity contribution in [2.75, 3.05) is 6.61 Å². The van der Waals surface area contributed by atoms with Crippen molar-refractivity contribution in [1.29, 1.82) is 0 Å². The Hall–Kier alpha value is -1.46. The van der Waals surface area contributed by atoms with E-state index in [9.17, 15) is 13.6 Å². The first-order valence-electron chi connectivity index (χ1n) is 7.61. The van der Waals surface area contributed by atoms with Gasteiger partial charge in [-0.2, -0.15) is 5.10 Å². The number of hydrogen-bond acceptors (Lipinski definition) is 4. The van der Waals surface area contributed by atoms with Gasteiger partial charge in [0.25, 0.3) is 12.3 Å². The van der Waals surface area contributed by atoms with E-state index in [-0.39, 0.29) is 12.2 Å². The van der Waals surface area contributed by atoms with Gasteiger partial charge in [-0.25, -0.2) is 8.78 Å². The van der Waals surface area contributed by atoms with E-state index in [1.807, 2.05) is 0 Å². The van der Waals surface area contributed by atoms with E-state index in [0.29, 0.717) is 15.6 Å². The first-order chi connectivity index (χ1) is 12.7. The molecule has 1 aromatic heterocycles. The van der Waals surface area contributed by atoms with Gasteiger partial charge in [0, 0.05) is 22.4 Å². The Morgan fingerprint density at radius 1 is 1.44 bits per heavy atom. The second-order valence-corrected chi connectivity index (χ2v) is 7.65. The standard InChI is InChI=1S/C16H15Cl2F2IN4O2/c1-8(23-16(26)11-6-25(2)24-14(11)15(19)20)7-27-22-5-10-12(17)3-9(21)4-13(10)18/h3-6,8,15H,7H2,1-2H3,(H,23,26)/b22-5+. The normalized spacial score (nSPS) is 12.6. The van der Waals surface area contributed by atoms with Crippen LogP contribution in [0.25, 0.3) is 0 Å². The van der Waals surface area contributed by atoms with Gasteiger partial charge in [-0.1, -0.05) is 28.4 Å². The first kappa shape index (κ1) is 21.8. The third-order valence-electron chi connectivity index (χ3n) is 3.31. The summed E-state index contributed by atoms with van der Waals surface area (Å²) in [7, 11) is 1.46. The second kappa shape index (κ2) is 9.65. The van der Waals surface area contributed by atoms with Gasteiger partial charge in [0.15, 0.2) is 0 Å². The van der Waals surface area contributed by atoms with Crippen LogP contribution in [-0.2, 0) is 11.9 Å². The molecule has 0 aliphatic rings. The van der Waals surface area contributed by atoms with Gasteiger partial charge in [0.05, 0.1) is 27.9 Å². The Labute approximate surface area is 178 Å². The average Bonchev–Trinajstić information content (AvgIpc) is 2.95. The molecule has 1 atom stereocenters. The fourth-order valence-electron chi connectivity index (χ4n) is 2.11. The monoisotopic (exact) mass is 530 g/mol. The van der Waals surface area contributed by atoms with Crippen LogP contribution < -0.4 is 5.32 Å². The predicted octanol–water partition coefficient (Wildman–Crippen LogP) is 4.44. The van der Waals surface area contributed by atoms with Crippen LogP contribution in [0, 0.1) is 3.57 Å². The number of nitrogens with zero attached hydrogens (tertiary/aromatic N) is 3. The summed E-state index contributed by atoms with van der Waals surface area (Å²) in [5, 5.41) is 10.8. The van der Waals surface area contributed by atoms with Gasteiger partial charge in [-0.3, -0.25) is 9.48 Å². The van der Waals surface area contributed by atoms with Crippen molar-refractivity contribution >= 4 is 57.9 Å². The molecule has 2 rings (SSSR count). The fourth-order valence-corrected chi connectivity index (χ4v) is 3.68. The van der Waals surface area contributed by atoms with Crippen LogP contribution in [0.3, 0.4) is 0 Å². The SMILES string of the molecule is CC(CO/N=C/c1c(Cl)cc(I)cc1Cl)NC(=O)c1cn(C)nc1C(F)F. The van der Waals surface area contributed by atoms with E-state index in [1.54, 1.807) is 19.1 Å². The molecule has 0 saturated carbocycles. The minimum Gasteiger partial charge on any atom is -0.394 e. The lowest BCUT2D eigenvalue weighted by Gasteiger charge is -2.12. The number of oxime groups is 1. The minimum absolute atomic E-state index is 0.0200. The van der Waals surface area contributed by atoms with E-state index in [2.05, 4.69) is 38.2 Å². The van der Waals surface area contributed by atoms with E-state index in [4.69, 9.17) is 28.0 Å². The topological polar surface area (TPSA) is 68.5 Å². The van der Waals surface area contributed by atoms with Gasteiger partial charge in [0.1, 0.15) is 12.3 Å². The molecule has 2 aromatic rings. The number of rotatable bonds is 7. The van der Waals surface area contributed by atoms with Crippen LogP contribution in [-0.4, -0.2) is 34.6 Å². The zero-order valence-electron chi connectivity index (χ0n) is 14.2. The number of aryl methyl sites for hydroxylation is 1. The van der Waals surface area contributed by atoms with Gasteiger partial charge in [-0.05, 0) is 41.6 Å². The van der Waals surface area contributed by atoms with Crippen molar-refractivity contribution in [3.05, 3.63) is 48.8 Å². The molecule has 146 valence electrons. The first-order valence-corrected chi connectivity index (χ1v) is 9.45. The van der Waals surface area contributed by atoms with E-state index >= 15 is 0 Å². The lowest BCUT2D eigenvalue weighted by atomic mass is 10.2. The molecule has 0 fully saturated rings. The highest BCUT2D eigenvalue weighted by molar-refractivity contribution is 14.1. The number of alkyl halides is 2. The molecule has 1 heterocycles. The number of hydrogen-bond donors (Lipinski definition) is 1. The molecule has 0 aliphatic heterocycles. The molecular formula is C16H15Cl2F2IN4O2. The quantitative estimate of drug-likeness (QED) is 0.327. The maximum atomic E-state index is 12.9. The number of carbonyl (C=O) groups is 1. The molecule has 0 saturated heterocycles. The third kappa shape index (κ3) is 6.01. The Bertz CT molecular complexity index is 838. The number of benzene rings is 1. The molecule has 1 N–H and O–H groups in total. The molecule has 0 radical (unpaired) electrons. The minimum atomic E-state index is -2.84. The molecule has 0 aliphatic carbocycles. The zero-order valence-corrected chi connectivity index (χ0v) is 17.9. The molecule has 1 aromatic carbocycles. The zero-order chi connectivity index (χ0) is 20.1. The summed E-state index contributed by atoms with van der Waals surface area (Å²) < 4.78 is 27.9. The lowest BCUT2D eigenvalue weighted by molar-refractivity contribution is 0.0857. The number of aromatic nitrogens is 2. The van der Waals surface area contributed by atoms with Crippen LogP contribution in [0.2, 0.25) is 10.0 Å². The van der Waals surface area contributed by atoms with Crippen molar-refractivity contribution in [1.82, 2.24) is 15.1 Å². The Morgan fingerprint density at radius 2 is 2.07 bits per heavy atom. The summed E-state index contributed by atoms with van der Waals surface area (Å²) in [5.74, 6) is -0.665. The summed E-state index contributed by atoms with van der Waals surface area (Å²) in [5.41, 5.74) is -0.239. The molecule has 1 amide bonds. The predicted molar refractivity (Wildman–Crippen MR) is 108 cm³/mol. The molecule has 0 spiro atoms. The van der Waals surface area contributed by atoms with Gasteiger partial charge in [0.2, 0.25) is 0 Å². The van der Waals surface area contributed by atoms with Crippen molar-refractivity contribution in [2.24, 2.45) is 12.2 Å². The average molecular weight is 531 g/mol. The molecule has 11 heteroatoms. The van der Waals surface area contributed by atoms with E-state index in [1.165, 1.54) is 19.5 Å². The highest BCUT2D eigenvalue weighted by Crippen LogP contribution is 2.26. The molecule has 27 heavy (non-hydrogen) atoms. The molecular weight excluding hydrogens is 516 g/mol. The number of nitrogens with one attached hydrogen (secondary N) is 1. The molecule has 6 nitrogen and oxygen atoms in total. The maximum Gasteiger partial charge on any atom is 0.282 e. The highest BCUT2D eigenvalue weighted by atomic mass is 127. The number of amides is 1. The van der Waals surface area contributed by atoms with Crippen molar-refractivity contribution in [3.63, 3.8) is 0 Å². The number of halogens is 5. The smallest absolute Gasteiger partial charge is 0.282 e. The second-order valence-electron chi connectivity index (χ2n) is 5.59. The highest BCUT2D eigenvalue weighted by Gasteiger charge is 2.23. The van der Waals surface area contributed by atoms with E-state index < -0.39 is 24.1 Å². The van der Waals surface area contributed by atoms with Gasteiger partial charge in [-0.15, -0.1) is 0 Å². The lowest BCUT2D eigenvalue weighted by Crippen LogP contribution is -2.35. The third-order valence-corrected chi connectivity index (χ3v) is 4.56. The largest absolute Gasteiger partial charge is 0.394 e. The summed E-state index contributed by atoms with van der Waals surface area (Å²) >= 11 is 14.3. The van der Waals surface area contributed by atoms with Crippen molar-refractivity contribution < 1.29 is 18.4 Å². The van der Waals surface area contributed by atoms with Gasteiger partial charge >= 0.3 is 0 Å². The summed E-state index contributed by atoms with van der Waals surface area (Å²) in [6.07, 6.45) is -0.235. The van der Waals surface area contributed by atoms with Crippen LogP contribution in [0.1, 0.15) is 35.0 Å². The Kier molecular flexibility index (Phi) is 7.80. The van der Waals surface area contributed by atoms with Crippen molar-refractivity contribution in [3.8, 4) is 0 Å². The van der Waals surface area contributed by atoms with Crippen LogP contribution in [0.15, 0.2) is 23.5 Å². The van der Waals surface area contributed by atoms with Gasteiger partial charge < -0.3 is 10.2 Å². The molecule has 0 bridgehead atoms. The maximum absolute atomic E-state index is 12.9. The summed E-state index contributed by atoms with van der Waals surface area (Å²) in [6.45, 7) is 1.67. The van der Waals surface area contributed by atoms with Crippen LogP contribution in [0.5, 0.6) is 0 Å². The van der Waals surface area contributed by atoms with E-state index in [0.717, 1.165) is 8.25 Å². The Morgan fingerprint density at radius 3 is 2.67 bits per heavy atom. The van der Waals surface area contributed by atoms with Crippen LogP contribution in [0.4, 0.5) is 8.78 Å². The molecule has 1 unspecified atom stereocenters. The summed E-state index contributed by atoms with van der Waals surface area (Å²) in [4.78, 5) is 17.3. The van der Waals surface area contributed by atoms with Crippen molar-refractivity contribution in [2.45, 2.75) is 19.4 Å².